The Morgan fingerprint density at radius 3 is 2.67 bits per heavy atom. The Bertz CT molecular complexity index is 542. The van der Waals surface area contributed by atoms with E-state index in [0.29, 0.717) is 0 Å². The number of carbonyl (C=O) groups is 1. The number of anilines is 1. The minimum Gasteiger partial charge on any atom is -0.465 e. The number of halogens is 1. The summed E-state index contributed by atoms with van der Waals surface area (Å²) in [5.41, 5.74) is 5.54. The third-order valence-electron chi connectivity index (χ3n) is 2.10. The molecule has 1 rings (SSSR count). The van der Waals surface area contributed by atoms with E-state index in [-0.39, 0.29) is 17.9 Å². The number of esters is 1. The van der Waals surface area contributed by atoms with Gasteiger partial charge in [-0.25, -0.2) is 12.8 Å². The SMILES string of the molecule is CCOC(=O)CS(=O)(=O)Cc1ccc(N)cc1F. The van der Waals surface area contributed by atoms with Gasteiger partial charge in [-0.05, 0) is 19.1 Å². The Morgan fingerprint density at radius 1 is 1.44 bits per heavy atom. The van der Waals surface area contributed by atoms with Gasteiger partial charge in [0.15, 0.2) is 9.84 Å². The Hall–Kier alpha value is -1.63. The minimum atomic E-state index is -3.75. The minimum absolute atomic E-state index is 0.0199. The smallest absolute Gasteiger partial charge is 0.321 e. The van der Waals surface area contributed by atoms with E-state index in [2.05, 4.69) is 4.74 Å². The van der Waals surface area contributed by atoms with Gasteiger partial charge in [0.05, 0.1) is 12.4 Å². The summed E-state index contributed by atoms with van der Waals surface area (Å²) in [6.07, 6.45) is 0. The molecule has 7 heteroatoms. The lowest BCUT2D eigenvalue weighted by atomic mass is 10.2. The number of benzene rings is 1. The molecular formula is C11H14FNO4S. The first-order valence-corrected chi connectivity index (χ1v) is 7.06. The lowest BCUT2D eigenvalue weighted by Gasteiger charge is -2.06. The number of carbonyl (C=O) groups excluding carboxylic acids is 1. The number of sulfone groups is 1. The van der Waals surface area contributed by atoms with Gasteiger partial charge < -0.3 is 10.5 Å². The number of nitrogens with two attached hydrogens (primary N) is 1. The standard InChI is InChI=1S/C11H14FNO4S/c1-2-17-11(14)7-18(15,16)6-8-3-4-9(13)5-10(8)12/h3-5H,2,6-7,13H2,1H3. The van der Waals surface area contributed by atoms with E-state index in [9.17, 15) is 17.6 Å². The zero-order valence-corrected chi connectivity index (χ0v) is 10.7. The average Bonchev–Trinajstić information content (AvgIpc) is 2.21. The zero-order valence-electron chi connectivity index (χ0n) is 9.85. The van der Waals surface area contributed by atoms with Crippen molar-refractivity contribution in [2.45, 2.75) is 12.7 Å². The van der Waals surface area contributed by atoms with Crippen LogP contribution in [0.4, 0.5) is 10.1 Å². The van der Waals surface area contributed by atoms with Gasteiger partial charge in [-0.1, -0.05) is 6.07 Å². The van der Waals surface area contributed by atoms with Crippen LogP contribution in [0.25, 0.3) is 0 Å². The maximum Gasteiger partial charge on any atom is 0.321 e. The third kappa shape index (κ3) is 4.33. The van der Waals surface area contributed by atoms with Crippen molar-refractivity contribution < 1.29 is 22.3 Å². The van der Waals surface area contributed by atoms with Crippen LogP contribution in [0.3, 0.4) is 0 Å². The molecule has 0 unspecified atom stereocenters. The molecule has 0 radical (unpaired) electrons. The topological polar surface area (TPSA) is 86.5 Å². The average molecular weight is 275 g/mol. The second-order valence-corrected chi connectivity index (χ2v) is 5.75. The first-order valence-electron chi connectivity index (χ1n) is 5.24. The number of nitrogen functional groups attached to an aromatic ring is 1. The van der Waals surface area contributed by atoms with Gasteiger partial charge in [0.25, 0.3) is 0 Å². The van der Waals surface area contributed by atoms with Crippen LogP contribution < -0.4 is 5.73 Å². The number of ether oxygens (including phenoxy) is 1. The van der Waals surface area contributed by atoms with E-state index >= 15 is 0 Å². The van der Waals surface area contributed by atoms with E-state index in [0.717, 1.165) is 6.07 Å². The molecule has 0 aliphatic heterocycles. The summed E-state index contributed by atoms with van der Waals surface area (Å²) in [7, 11) is -3.75. The van der Waals surface area contributed by atoms with Crippen LogP contribution in [0, 0.1) is 5.82 Å². The van der Waals surface area contributed by atoms with Crippen molar-refractivity contribution >= 4 is 21.5 Å². The van der Waals surface area contributed by atoms with Crippen LogP contribution >= 0.6 is 0 Å². The van der Waals surface area contributed by atoms with E-state index in [4.69, 9.17) is 5.73 Å². The van der Waals surface area contributed by atoms with Crippen molar-refractivity contribution in [3.8, 4) is 0 Å². The molecule has 0 saturated heterocycles. The maximum atomic E-state index is 13.4. The van der Waals surface area contributed by atoms with Gasteiger partial charge in [-0.2, -0.15) is 0 Å². The monoisotopic (exact) mass is 275 g/mol. The van der Waals surface area contributed by atoms with Crippen molar-refractivity contribution in [2.24, 2.45) is 0 Å². The molecule has 0 aliphatic rings. The van der Waals surface area contributed by atoms with E-state index < -0.39 is 33.1 Å². The highest BCUT2D eigenvalue weighted by atomic mass is 32.2. The molecule has 0 heterocycles. The highest BCUT2D eigenvalue weighted by Crippen LogP contribution is 2.15. The Labute approximate surface area is 105 Å². The normalized spacial score (nSPS) is 11.2. The molecule has 1 aromatic rings. The van der Waals surface area contributed by atoms with Gasteiger partial charge in [0.2, 0.25) is 0 Å². The number of hydrogen-bond donors (Lipinski definition) is 1. The summed E-state index contributed by atoms with van der Waals surface area (Å²) in [5.74, 6) is -2.86. The molecule has 100 valence electrons. The van der Waals surface area contributed by atoms with Crippen LogP contribution in [0.15, 0.2) is 18.2 Å². The van der Waals surface area contributed by atoms with Crippen LogP contribution in [0.5, 0.6) is 0 Å². The molecule has 0 bridgehead atoms. The van der Waals surface area contributed by atoms with E-state index in [1.807, 2.05) is 0 Å². The molecule has 0 spiro atoms. The number of rotatable bonds is 5. The summed E-state index contributed by atoms with van der Waals surface area (Å²) in [4.78, 5) is 11.1. The molecule has 18 heavy (non-hydrogen) atoms. The summed E-state index contributed by atoms with van der Waals surface area (Å²) in [6.45, 7) is 1.68. The molecule has 0 amide bonds. The molecule has 0 aromatic heterocycles. The van der Waals surface area contributed by atoms with Crippen molar-refractivity contribution in [3.05, 3.63) is 29.6 Å². The van der Waals surface area contributed by atoms with Crippen molar-refractivity contribution in [1.29, 1.82) is 0 Å². The second kappa shape index (κ2) is 5.81. The first-order chi connectivity index (χ1) is 8.34. The fourth-order valence-corrected chi connectivity index (χ4v) is 2.60. The highest BCUT2D eigenvalue weighted by molar-refractivity contribution is 7.91. The van der Waals surface area contributed by atoms with Gasteiger partial charge in [-0.3, -0.25) is 4.79 Å². The Kier molecular flexibility index (Phi) is 4.66. The van der Waals surface area contributed by atoms with Gasteiger partial charge >= 0.3 is 5.97 Å². The lowest BCUT2D eigenvalue weighted by molar-refractivity contribution is -0.139. The van der Waals surface area contributed by atoms with Crippen molar-refractivity contribution in [1.82, 2.24) is 0 Å². The quantitative estimate of drug-likeness (QED) is 0.637. The zero-order chi connectivity index (χ0) is 13.8. The van der Waals surface area contributed by atoms with E-state index in [1.54, 1.807) is 6.92 Å². The largest absolute Gasteiger partial charge is 0.465 e. The molecule has 0 saturated carbocycles. The fraction of sp³-hybridized carbons (Fsp3) is 0.364. The van der Waals surface area contributed by atoms with Gasteiger partial charge in [-0.15, -0.1) is 0 Å². The second-order valence-electron chi connectivity index (χ2n) is 3.69. The van der Waals surface area contributed by atoms with Crippen LogP contribution in [0.1, 0.15) is 12.5 Å². The molecular weight excluding hydrogens is 261 g/mol. The summed E-state index contributed by atoms with van der Waals surface area (Å²) >= 11 is 0. The Morgan fingerprint density at radius 2 is 2.11 bits per heavy atom. The Balaban J connectivity index is 2.79. The summed E-state index contributed by atoms with van der Waals surface area (Å²) < 4.78 is 41.2. The van der Waals surface area contributed by atoms with Crippen LogP contribution in [-0.2, 0) is 25.1 Å². The fourth-order valence-electron chi connectivity index (χ4n) is 1.35. The van der Waals surface area contributed by atoms with Gasteiger partial charge in [0, 0.05) is 11.3 Å². The predicted molar refractivity (Wildman–Crippen MR) is 64.9 cm³/mol. The molecule has 0 fully saturated rings. The third-order valence-corrected chi connectivity index (χ3v) is 3.52. The maximum absolute atomic E-state index is 13.4. The van der Waals surface area contributed by atoms with Crippen molar-refractivity contribution in [2.75, 3.05) is 18.1 Å². The highest BCUT2D eigenvalue weighted by Gasteiger charge is 2.20. The lowest BCUT2D eigenvalue weighted by Crippen LogP contribution is -2.20. The van der Waals surface area contributed by atoms with Gasteiger partial charge in [0.1, 0.15) is 11.6 Å². The van der Waals surface area contributed by atoms with Crippen LogP contribution in [0.2, 0.25) is 0 Å². The van der Waals surface area contributed by atoms with Crippen molar-refractivity contribution in [3.63, 3.8) is 0 Å². The summed E-state index contributed by atoms with van der Waals surface area (Å²) in [6, 6.07) is 3.72. The summed E-state index contributed by atoms with van der Waals surface area (Å²) in [5, 5.41) is 0. The number of hydrogen-bond acceptors (Lipinski definition) is 5. The molecule has 5 nitrogen and oxygen atoms in total. The molecule has 1 aromatic carbocycles. The van der Waals surface area contributed by atoms with Crippen LogP contribution in [-0.4, -0.2) is 26.7 Å². The molecule has 0 atom stereocenters. The van der Waals surface area contributed by atoms with E-state index in [1.165, 1.54) is 12.1 Å². The molecule has 2 N–H and O–H groups in total. The first kappa shape index (κ1) is 14.4. The molecule has 0 aliphatic carbocycles. The predicted octanol–water partition coefficient (Wildman–Crippen LogP) is 0.886.